The Bertz CT molecular complexity index is 448. The minimum Gasteiger partial charge on any atom is -0.263 e. The van der Waals surface area contributed by atoms with Crippen molar-refractivity contribution >= 4 is 10.1 Å². The van der Waals surface area contributed by atoms with Crippen LogP contribution in [0.15, 0.2) is 29.2 Å². The molecule has 1 atom stereocenters. The summed E-state index contributed by atoms with van der Waals surface area (Å²) < 4.78 is 29.1. The molecule has 0 amide bonds. The molecule has 0 bridgehead atoms. The number of aryl methyl sites for hydroxylation is 1. The highest BCUT2D eigenvalue weighted by molar-refractivity contribution is 7.86. The fourth-order valence-electron chi connectivity index (χ4n) is 1.71. The quantitative estimate of drug-likeness (QED) is 0.561. The van der Waals surface area contributed by atoms with Gasteiger partial charge in [0, 0.05) is 0 Å². The summed E-state index contributed by atoms with van der Waals surface area (Å²) in [5, 5.41) is 0. The van der Waals surface area contributed by atoms with Crippen molar-refractivity contribution in [1.82, 2.24) is 0 Å². The highest BCUT2D eigenvalue weighted by atomic mass is 32.2. The standard InChI is InChI=1S/C14H22O3S/c1-4-5-6-7-13(3)17-18(15,16)14-10-8-12(2)9-11-14/h8-11,13H,4-7H2,1-3H3/t13-/m0/s1. The summed E-state index contributed by atoms with van der Waals surface area (Å²) in [6, 6.07) is 6.73. The van der Waals surface area contributed by atoms with Crippen LogP contribution in [0, 0.1) is 6.92 Å². The lowest BCUT2D eigenvalue weighted by Gasteiger charge is -2.12. The molecule has 0 radical (unpaired) electrons. The molecule has 0 saturated carbocycles. The van der Waals surface area contributed by atoms with Gasteiger partial charge in [-0.1, -0.05) is 43.9 Å². The van der Waals surface area contributed by atoms with Crippen LogP contribution in [0.3, 0.4) is 0 Å². The Labute approximate surface area is 110 Å². The normalized spacial score (nSPS) is 13.5. The summed E-state index contributed by atoms with van der Waals surface area (Å²) in [6.07, 6.45) is 3.75. The molecule has 1 aromatic rings. The van der Waals surface area contributed by atoms with Crippen molar-refractivity contribution in [3.8, 4) is 0 Å². The van der Waals surface area contributed by atoms with Gasteiger partial charge in [0.2, 0.25) is 0 Å². The molecule has 0 aliphatic heterocycles. The van der Waals surface area contributed by atoms with Gasteiger partial charge in [0.05, 0.1) is 11.0 Å². The first-order valence-electron chi connectivity index (χ1n) is 6.45. The van der Waals surface area contributed by atoms with E-state index in [0.717, 1.165) is 31.2 Å². The lowest BCUT2D eigenvalue weighted by Crippen LogP contribution is -2.15. The van der Waals surface area contributed by atoms with E-state index >= 15 is 0 Å². The summed E-state index contributed by atoms with van der Waals surface area (Å²) in [6.45, 7) is 5.85. The Morgan fingerprint density at radius 2 is 1.78 bits per heavy atom. The zero-order valence-electron chi connectivity index (χ0n) is 11.3. The first-order valence-corrected chi connectivity index (χ1v) is 7.86. The lowest BCUT2D eigenvalue weighted by atomic mass is 10.1. The summed E-state index contributed by atoms with van der Waals surface area (Å²) >= 11 is 0. The topological polar surface area (TPSA) is 43.4 Å². The Morgan fingerprint density at radius 1 is 1.17 bits per heavy atom. The van der Waals surface area contributed by atoms with Gasteiger partial charge in [-0.15, -0.1) is 0 Å². The molecule has 18 heavy (non-hydrogen) atoms. The number of unbranched alkanes of at least 4 members (excludes halogenated alkanes) is 2. The Kier molecular flexibility index (Phi) is 5.82. The van der Waals surface area contributed by atoms with Crippen LogP contribution in [-0.2, 0) is 14.3 Å². The van der Waals surface area contributed by atoms with E-state index in [4.69, 9.17) is 4.18 Å². The first-order chi connectivity index (χ1) is 8.45. The zero-order chi connectivity index (χ0) is 13.6. The third-order valence-corrected chi connectivity index (χ3v) is 4.25. The van der Waals surface area contributed by atoms with Crippen LogP contribution in [0.5, 0.6) is 0 Å². The lowest BCUT2D eigenvalue weighted by molar-refractivity contribution is 0.214. The molecular formula is C14H22O3S. The molecule has 0 N–H and O–H groups in total. The van der Waals surface area contributed by atoms with Crippen molar-refractivity contribution < 1.29 is 12.6 Å². The average Bonchev–Trinajstić information content (AvgIpc) is 2.29. The van der Waals surface area contributed by atoms with Gasteiger partial charge in [0.25, 0.3) is 10.1 Å². The SMILES string of the molecule is CCCCC[C@H](C)OS(=O)(=O)c1ccc(C)cc1. The summed E-state index contributed by atoms with van der Waals surface area (Å²) in [7, 11) is -3.61. The third kappa shape index (κ3) is 4.78. The second-order valence-electron chi connectivity index (χ2n) is 4.67. The highest BCUT2D eigenvalue weighted by Gasteiger charge is 2.18. The van der Waals surface area contributed by atoms with Crippen LogP contribution in [0.2, 0.25) is 0 Å². The molecule has 1 aromatic carbocycles. The minimum absolute atomic E-state index is 0.232. The van der Waals surface area contributed by atoms with Crippen LogP contribution in [0.4, 0.5) is 0 Å². The van der Waals surface area contributed by atoms with Crippen LogP contribution >= 0.6 is 0 Å². The fourth-order valence-corrected chi connectivity index (χ4v) is 2.82. The zero-order valence-corrected chi connectivity index (χ0v) is 12.2. The minimum atomic E-state index is -3.61. The molecule has 4 heteroatoms. The molecule has 3 nitrogen and oxygen atoms in total. The van der Waals surface area contributed by atoms with E-state index in [-0.39, 0.29) is 11.0 Å². The molecule has 102 valence electrons. The van der Waals surface area contributed by atoms with E-state index in [1.165, 1.54) is 0 Å². The van der Waals surface area contributed by atoms with Gasteiger partial charge in [-0.25, -0.2) is 0 Å². The number of hydrogen-bond donors (Lipinski definition) is 0. The fraction of sp³-hybridized carbons (Fsp3) is 0.571. The van der Waals surface area contributed by atoms with E-state index in [9.17, 15) is 8.42 Å². The van der Waals surface area contributed by atoms with Crippen molar-refractivity contribution in [3.05, 3.63) is 29.8 Å². The Balaban J connectivity index is 2.61. The average molecular weight is 270 g/mol. The van der Waals surface area contributed by atoms with E-state index in [1.54, 1.807) is 31.2 Å². The maximum absolute atomic E-state index is 12.0. The van der Waals surface area contributed by atoms with Crippen molar-refractivity contribution in [2.45, 2.75) is 57.5 Å². The maximum Gasteiger partial charge on any atom is 0.297 e. The summed E-state index contributed by atoms with van der Waals surface area (Å²) in [5.41, 5.74) is 1.03. The van der Waals surface area contributed by atoms with Crippen molar-refractivity contribution in [1.29, 1.82) is 0 Å². The molecule has 0 fully saturated rings. The Hall–Kier alpha value is -0.870. The van der Waals surface area contributed by atoms with E-state index < -0.39 is 10.1 Å². The largest absolute Gasteiger partial charge is 0.297 e. The van der Waals surface area contributed by atoms with Gasteiger partial charge < -0.3 is 0 Å². The van der Waals surface area contributed by atoms with E-state index in [0.29, 0.717) is 0 Å². The first kappa shape index (κ1) is 15.2. The van der Waals surface area contributed by atoms with Gasteiger partial charge in [-0.3, -0.25) is 4.18 Å². The smallest absolute Gasteiger partial charge is 0.263 e. The Morgan fingerprint density at radius 3 is 2.33 bits per heavy atom. The van der Waals surface area contributed by atoms with Gasteiger partial charge in [0.1, 0.15) is 0 Å². The maximum atomic E-state index is 12.0. The van der Waals surface area contributed by atoms with Gasteiger partial charge in [-0.05, 0) is 32.4 Å². The second-order valence-corrected chi connectivity index (χ2v) is 6.24. The molecule has 0 aliphatic rings. The second kappa shape index (κ2) is 6.90. The van der Waals surface area contributed by atoms with Crippen molar-refractivity contribution in [2.75, 3.05) is 0 Å². The molecule has 0 aliphatic carbocycles. The van der Waals surface area contributed by atoms with E-state index in [1.807, 2.05) is 6.92 Å². The van der Waals surface area contributed by atoms with E-state index in [2.05, 4.69) is 6.92 Å². The van der Waals surface area contributed by atoms with Gasteiger partial charge >= 0.3 is 0 Å². The molecular weight excluding hydrogens is 248 g/mol. The highest BCUT2D eigenvalue weighted by Crippen LogP contribution is 2.17. The molecule has 0 heterocycles. The predicted octanol–water partition coefficient (Wildman–Crippen LogP) is 3.67. The van der Waals surface area contributed by atoms with Crippen molar-refractivity contribution in [2.24, 2.45) is 0 Å². The summed E-state index contributed by atoms with van der Waals surface area (Å²) in [5.74, 6) is 0. The summed E-state index contributed by atoms with van der Waals surface area (Å²) in [4.78, 5) is 0.232. The molecule has 0 unspecified atom stereocenters. The molecule has 1 rings (SSSR count). The van der Waals surface area contributed by atoms with Gasteiger partial charge in [0.15, 0.2) is 0 Å². The number of benzene rings is 1. The van der Waals surface area contributed by atoms with Crippen LogP contribution < -0.4 is 0 Å². The van der Waals surface area contributed by atoms with Crippen LogP contribution in [0.1, 0.15) is 45.1 Å². The van der Waals surface area contributed by atoms with Crippen LogP contribution in [-0.4, -0.2) is 14.5 Å². The van der Waals surface area contributed by atoms with Gasteiger partial charge in [-0.2, -0.15) is 8.42 Å². The predicted molar refractivity (Wildman–Crippen MR) is 73.1 cm³/mol. The third-order valence-electron chi connectivity index (χ3n) is 2.81. The number of hydrogen-bond acceptors (Lipinski definition) is 3. The monoisotopic (exact) mass is 270 g/mol. The van der Waals surface area contributed by atoms with Crippen LogP contribution in [0.25, 0.3) is 0 Å². The molecule has 0 saturated heterocycles. The number of rotatable bonds is 7. The molecule has 0 aromatic heterocycles. The van der Waals surface area contributed by atoms with Crippen molar-refractivity contribution in [3.63, 3.8) is 0 Å². The molecule has 0 spiro atoms.